The Morgan fingerprint density at radius 2 is 1.85 bits per heavy atom. The van der Waals surface area contributed by atoms with Crippen molar-refractivity contribution in [3.8, 4) is 11.5 Å². The summed E-state index contributed by atoms with van der Waals surface area (Å²) >= 11 is 0. The minimum absolute atomic E-state index is 0.140. The number of rotatable bonds is 8. The molecule has 0 radical (unpaired) electrons. The molecule has 9 heteroatoms. The van der Waals surface area contributed by atoms with Crippen molar-refractivity contribution in [2.24, 2.45) is 5.92 Å². The molecule has 33 heavy (non-hydrogen) atoms. The van der Waals surface area contributed by atoms with Crippen molar-refractivity contribution in [3.05, 3.63) is 47.0 Å². The van der Waals surface area contributed by atoms with Gasteiger partial charge in [-0.15, -0.1) is 0 Å². The van der Waals surface area contributed by atoms with Crippen molar-refractivity contribution in [1.82, 2.24) is 4.90 Å². The average Bonchev–Trinajstić information content (AvgIpc) is 3.16. The first-order valence-corrected chi connectivity index (χ1v) is 12.5. The molecule has 1 aliphatic heterocycles. The third-order valence-electron chi connectivity index (χ3n) is 5.99. The highest BCUT2D eigenvalue weighted by Gasteiger charge is 2.34. The highest BCUT2D eigenvalue weighted by atomic mass is 32.2. The molecular weight excluding hydrogens is 453 g/mol. The number of alkyl halides is 3. The third-order valence-corrected chi connectivity index (χ3v) is 7.59. The van der Waals surface area contributed by atoms with Gasteiger partial charge in [-0.3, -0.25) is 0 Å². The number of ether oxygens (including phenoxy) is 2. The number of nitrogens with one attached hydrogen (secondary N) is 1. The largest absolute Gasteiger partial charge is 0.496 e. The molecule has 0 aliphatic carbocycles. The zero-order chi connectivity index (χ0) is 24.4. The molecule has 182 valence electrons. The Balaban J connectivity index is 1.98. The van der Waals surface area contributed by atoms with Crippen LogP contribution in [0.15, 0.2) is 35.2 Å². The van der Waals surface area contributed by atoms with E-state index in [0.717, 1.165) is 31.1 Å². The summed E-state index contributed by atoms with van der Waals surface area (Å²) in [5, 5.41) is 0. The molecule has 0 aromatic heterocycles. The quantitative estimate of drug-likeness (QED) is 0.543. The lowest BCUT2D eigenvalue weighted by atomic mass is 9.94. The van der Waals surface area contributed by atoms with Gasteiger partial charge in [0.25, 0.3) is 0 Å². The summed E-state index contributed by atoms with van der Waals surface area (Å²) in [4.78, 5) is 2.40. The molecule has 3 rings (SSSR count). The fourth-order valence-electron chi connectivity index (χ4n) is 4.32. The molecule has 0 bridgehead atoms. The van der Waals surface area contributed by atoms with Crippen molar-refractivity contribution < 1.29 is 26.9 Å². The molecule has 1 aliphatic rings. The summed E-state index contributed by atoms with van der Waals surface area (Å²) in [6.45, 7) is 3.58. The molecule has 1 saturated heterocycles. The molecule has 2 aromatic rings. The smallest absolute Gasteiger partial charge is 0.416 e. The number of anilines is 1. The number of aryl methyl sites for hydroxylation is 1. The van der Waals surface area contributed by atoms with Gasteiger partial charge in [0.2, 0.25) is 0 Å². The van der Waals surface area contributed by atoms with Gasteiger partial charge in [0, 0.05) is 18.3 Å². The number of halogens is 3. The van der Waals surface area contributed by atoms with Crippen LogP contribution >= 0.6 is 0 Å². The first kappa shape index (κ1) is 25.2. The second kappa shape index (κ2) is 9.85. The Labute approximate surface area is 194 Å². The Bertz CT molecular complexity index is 1100. The van der Waals surface area contributed by atoms with Crippen LogP contribution in [0.25, 0.3) is 0 Å². The lowest BCUT2D eigenvalue weighted by Crippen LogP contribution is -2.18. The molecule has 2 aromatic carbocycles. The van der Waals surface area contributed by atoms with Crippen LogP contribution in [0.2, 0.25) is 0 Å². The molecule has 2 atom stereocenters. The van der Waals surface area contributed by atoms with Crippen molar-refractivity contribution in [2.75, 3.05) is 39.1 Å². The van der Waals surface area contributed by atoms with Gasteiger partial charge in [0.15, 0.2) is 0 Å². The van der Waals surface area contributed by atoms with Gasteiger partial charge in [0.05, 0.1) is 34.4 Å². The average molecular weight is 485 g/mol. The van der Waals surface area contributed by atoms with Gasteiger partial charge < -0.3 is 19.1 Å². The third kappa shape index (κ3) is 5.76. The number of benzene rings is 2. The molecule has 1 fully saturated rings. The molecule has 0 amide bonds. The second-order valence-electron chi connectivity index (χ2n) is 8.44. The standard InChI is InChI=1S/C24H31F3N2O3S/c1-6-17-13-22(32-4)23(14-21(17)31-3)33(5,30)28-19-7-8-20(24(25,26)27)18(12-19)11-16-9-10-29(2)15-16/h7-8,12-14,16H,5-6,9-11,15H2,1-4H3,(H,28,30). The van der Waals surface area contributed by atoms with Crippen LogP contribution in [0.1, 0.15) is 30.0 Å². The maximum atomic E-state index is 13.7. The minimum atomic E-state index is -4.46. The maximum absolute atomic E-state index is 13.7. The van der Waals surface area contributed by atoms with E-state index in [1.807, 2.05) is 14.0 Å². The zero-order valence-electron chi connectivity index (χ0n) is 19.4. The van der Waals surface area contributed by atoms with Gasteiger partial charge in [-0.1, -0.05) is 6.92 Å². The highest BCUT2D eigenvalue weighted by Crippen LogP contribution is 2.37. The lowest BCUT2D eigenvalue weighted by Gasteiger charge is -2.21. The summed E-state index contributed by atoms with van der Waals surface area (Å²) in [6.07, 6.45) is -2.63. The van der Waals surface area contributed by atoms with Crippen LogP contribution in [-0.4, -0.2) is 49.3 Å². The van der Waals surface area contributed by atoms with E-state index >= 15 is 0 Å². The Morgan fingerprint density at radius 3 is 2.39 bits per heavy atom. The molecule has 0 saturated carbocycles. The highest BCUT2D eigenvalue weighted by molar-refractivity contribution is 8.01. The first-order chi connectivity index (χ1) is 15.5. The summed E-state index contributed by atoms with van der Waals surface area (Å²) in [6, 6.07) is 7.14. The second-order valence-corrected chi connectivity index (χ2v) is 10.4. The van der Waals surface area contributed by atoms with E-state index < -0.39 is 21.4 Å². The normalized spacial score (nSPS) is 18.7. The molecule has 1 heterocycles. The van der Waals surface area contributed by atoms with Crippen molar-refractivity contribution in [1.29, 1.82) is 0 Å². The molecular formula is C24H31F3N2O3S. The van der Waals surface area contributed by atoms with E-state index in [-0.39, 0.29) is 16.4 Å². The van der Waals surface area contributed by atoms with E-state index in [1.54, 1.807) is 12.1 Å². The van der Waals surface area contributed by atoms with Crippen LogP contribution in [0, 0.1) is 5.92 Å². The Morgan fingerprint density at radius 1 is 1.15 bits per heavy atom. The van der Waals surface area contributed by atoms with Gasteiger partial charge in [-0.05, 0) is 80.0 Å². The summed E-state index contributed by atoms with van der Waals surface area (Å²) in [5.41, 5.74) is 0.718. The fourth-order valence-corrected chi connectivity index (χ4v) is 5.70. The molecule has 2 unspecified atom stereocenters. The van der Waals surface area contributed by atoms with Crippen LogP contribution in [0.4, 0.5) is 18.9 Å². The van der Waals surface area contributed by atoms with E-state index in [2.05, 4.69) is 15.5 Å². The van der Waals surface area contributed by atoms with Crippen molar-refractivity contribution in [3.63, 3.8) is 0 Å². The van der Waals surface area contributed by atoms with Crippen LogP contribution in [0.3, 0.4) is 0 Å². The van der Waals surface area contributed by atoms with E-state index in [4.69, 9.17) is 9.47 Å². The van der Waals surface area contributed by atoms with Crippen LogP contribution in [0.5, 0.6) is 11.5 Å². The number of hydrogen-bond acceptors (Lipinski definition) is 4. The monoisotopic (exact) mass is 484 g/mol. The Hall–Kier alpha value is -2.39. The SMILES string of the molecule is C=S(=O)(Nc1ccc(C(F)(F)F)c(CC2CCN(C)C2)c1)c1cc(OC)c(CC)cc1OC. The summed E-state index contributed by atoms with van der Waals surface area (Å²) < 4.78 is 68.3. The molecule has 5 nitrogen and oxygen atoms in total. The zero-order valence-corrected chi connectivity index (χ0v) is 20.2. The number of likely N-dealkylation sites (tertiary alicyclic amines) is 1. The van der Waals surface area contributed by atoms with Crippen molar-refractivity contribution >= 4 is 21.3 Å². The topological polar surface area (TPSA) is 50.8 Å². The van der Waals surface area contributed by atoms with Gasteiger partial charge in [-0.25, -0.2) is 4.21 Å². The number of methoxy groups -OCH3 is 2. The number of nitrogens with zero attached hydrogens (tertiary/aromatic N) is 1. The summed E-state index contributed by atoms with van der Waals surface area (Å²) in [5.74, 6) is 4.90. The van der Waals surface area contributed by atoms with Crippen LogP contribution in [-0.2, 0) is 28.7 Å². The Kier molecular flexibility index (Phi) is 7.53. The van der Waals surface area contributed by atoms with Gasteiger partial charge >= 0.3 is 6.18 Å². The predicted molar refractivity (Wildman–Crippen MR) is 127 cm³/mol. The van der Waals surface area contributed by atoms with E-state index in [0.29, 0.717) is 30.0 Å². The minimum Gasteiger partial charge on any atom is -0.496 e. The van der Waals surface area contributed by atoms with Gasteiger partial charge in [0.1, 0.15) is 11.5 Å². The molecule has 0 spiro atoms. The van der Waals surface area contributed by atoms with Crippen molar-refractivity contribution in [2.45, 2.75) is 37.3 Å². The predicted octanol–water partition coefficient (Wildman–Crippen LogP) is 4.88. The molecule has 1 N–H and O–H groups in total. The summed E-state index contributed by atoms with van der Waals surface area (Å²) in [7, 11) is 1.79. The van der Waals surface area contributed by atoms with Gasteiger partial charge in [-0.2, -0.15) is 13.2 Å². The van der Waals surface area contributed by atoms with Crippen LogP contribution < -0.4 is 14.2 Å². The maximum Gasteiger partial charge on any atom is 0.416 e. The lowest BCUT2D eigenvalue weighted by molar-refractivity contribution is -0.138. The number of hydrogen-bond donors (Lipinski definition) is 1. The van der Waals surface area contributed by atoms with E-state index in [9.17, 15) is 17.4 Å². The van der Waals surface area contributed by atoms with E-state index in [1.165, 1.54) is 26.4 Å². The first-order valence-electron chi connectivity index (χ1n) is 10.8. The fraction of sp³-hybridized carbons (Fsp3) is 0.458.